The van der Waals surface area contributed by atoms with Crippen LogP contribution < -0.4 is 64.2 Å². The van der Waals surface area contributed by atoms with Crippen molar-refractivity contribution in [1.82, 2.24) is 0 Å². The first-order chi connectivity index (χ1) is 11.8. The van der Waals surface area contributed by atoms with Gasteiger partial charge in [0.1, 0.15) is 0 Å². The Morgan fingerprint density at radius 3 is 2.15 bits per heavy atom. The van der Waals surface area contributed by atoms with Gasteiger partial charge in [-0.05, 0) is 38.5 Å². The zero-order valence-corrected chi connectivity index (χ0v) is 22.1. The van der Waals surface area contributed by atoms with Crippen molar-refractivity contribution in [3.05, 3.63) is 12.2 Å². The zero-order valence-electron chi connectivity index (χ0n) is 17.3. The summed E-state index contributed by atoms with van der Waals surface area (Å²) in [4.78, 5) is 10.3. The summed E-state index contributed by atoms with van der Waals surface area (Å²) >= 11 is 0. The molecule has 6 nitrogen and oxygen atoms in total. The molecular formula is C18H32Na2O6S. The van der Waals surface area contributed by atoms with Crippen molar-refractivity contribution in [3.8, 4) is 0 Å². The Labute approximate surface area is 209 Å². The van der Waals surface area contributed by atoms with Crippen LogP contribution in [0.5, 0.6) is 0 Å². The summed E-state index contributed by atoms with van der Waals surface area (Å²) in [6.45, 7) is 2.10. The fraction of sp³-hybridized carbons (Fsp3) is 0.833. The maximum atomic E-state index is 10.8. The van der Waals surface area contributed by atoms with E-state index in [9.17, 15) is 22.9 Å². The third kappa shape index (κ3) is 27.1. The van der Waals surface area contributed by atoms with Crippen molar-refractivity contribution in [2.75, 3.05) is 0 Å². The second kappa shape index (κ2) is 21.8. The Morgan fingerprint density at radius 2 is 1.56 bits per heavy atom. The monoisotopic (exact) mass is 422 g/mol. The number of hydrogen-bond acceptors (Lipinski definition) is 6. The number of carboxylic acids is 1. The molecule has 0 aromatic rings. The molecule has 0 bridgehead atoms. The van der Waals surface area contributed by atoms with Crippen molar-refractivity contribution in [2.24, 2.45) is 0 Å². The molecule has 0 aromatic carbocycles. The van der Waals surface area contributed by atoms with Gasteiger partial charge in [-0.2, -0.15) is 0 Å². The van der Waals surface area contributed by atoms with Crippen LogP contribution >= 0.6 is 0 Å². The minimum Gasteiger partial charge on any atom is -0.726 e. The van der Waals surface area contributed by atoms with E-state index in [1.165, 1.54) is 0 Å². The van der Waals surface area contributed by atoms with E-state index in [1.807, 2.05) is 12.2 Å². The van der Waals surface area contributed by atoms with E-state index in [4.69, 9.17) is 0 Å². The second-order valence-corrected chi connectivity index (χ2v) is 7.37. The fourth-order valence-corrected chi connectivity index (χ4v) is 3.11. The van der Waals surface area contributed by atoms with Crippen LogP contribution in [0.2, 0.25) is 0 Å². The number of carbonyl (C=O) groups is 1. The maximum Gasteiger partial charge on any atom is 1.00 e. The van der Waals surface area contributed by atoms with Crippen molar-refractivity contribution >= 4 is 16.4 Å². The average molecular weight is 422 g/mol. The number of carbonyl (C=O) groups excluding carboxylic acids is 1. The third-order valence-electron chi connectivity index (χ3n) is 3.95. The van der Waals surface area contributed by atoms with Crippen LogP contribution in [0, 0.1) is 0 Å². The number of rotatable bonds is 17. The number of allylic oxidation sites excluding steroid dienone is 1. The van der Waals surface area contributed by atoms with Gasteiger partial charge in [-0.1, -0.05) is 64.0 Å². The van der Waals surface area contributed by atoms with E-state index in [2.05, 4.69) is 11.1 Å². The van der Waals surface area contributed by atoms with Gasteiger partial charge in [-0.3, -0.25) is 4.18 Å². The summed E-state index contributed by atoms with van der Waals surface area (Å²) in [5.41, 5.74) is 0. The first kappa shape index (κ1) is 32.7. The Kier molecular flexibility index (Phi) is 26.4. The number of unbranched alkanes of at least 4 members (excludes halogenated alkanes) is 8. The number of hydrogen-bond donors (Lipinski definition) is 0. The van der Waals surface area contributed by atoms with E-state index >= 15 is 0 Å². The molecule has 0 aliphatic heterocycles. The van der Waals surface area contributed by atoms with Gasteiger partial charge in [0.15, 0.2) is 0 Å². The van der Waals surface area contributed by atoms with Gasteiger partial charge in [0.05, 0.1) is 6.10 Å². The summed E-state index contributed by atoms with van der Waals surface area (Å²) in [5.74, 6) is -0.991. The summed E-state index contributed by atoms with van der Waals surface area (Å²) in [6, 6.07) is 0. The van der Waals surface area contributed by atoms with Crippen LogP contribution in [-0.2, 0) is 19.4 Å². The molecule has 148 valence electrons. The normalized spacial score (nSPS) is 12.4. The predicted molar refractivity (Wildman–Crippen MR) is 94.4 cm³/mol. The van der Waals surface area contributed by atoms with Crippen LogP contribution in [0.15, 0.2) is 12.2 Å². The standard InChI is InChI=1S/C18H34O6S.2Na/c1-2-3-4-11-14-17(24-25(21,22)23)15-12-9-7-5-6-8-10-13-16-18(19)20;;/h9,12,17H,2-8,10-11,13-16H2,1H3,(H,19,20)(H,21,22,23);;/q;2*+1/p-2/b12-9+;;/t17-;;/m1../s1. The first-order valence-corrected chi connectivity index (χ1v) is 10.7. The van der Waals surface area contributed by atoms with Crippen molar-refractivity contribution in [1.29, 1.82) is 0 Å². The summed E-state index contributed by atoms with van der Waals surface area (Å²) in [5, 5.41) is 10.3. The fourth-order valence-electron chi connectivity index (χ4n) is 2.60. The molecule has 0 radical (unpaired) electrons. The molecule has 0 amide bonds. The molecule has 0 spiro atoms. The third-order valence-corrected chi connectivity index (χ3v) is 4.46. The van der Waals surface area contributed by atoms with Gasteiger partial charge in [-0.15, -0.1) is 0 Å². The zero-order chi connectivity index (χ0) is 19.0. The van der Waals surface area contributed by atoms with Gasteiger partial charge in [-0.25, -0.2) is 8.42 Å². The molecule has 27 heavy (non-hydrogen) atoms. The predicted octanol–water partition coefficient (Wildman–Crippen LogP) is -2.76. The van der Waals surface area contributed by atoms with Gasteiger partial charge in [0, 0.05) is 5.97 Å². The SMILES string of the molecule is CCCCCC[C@H](C/C=C/CCCCCCCC(=O)[O-])OS(=O)(=O)[O-].[Na+].[Na+]. The van der Waals surface area contributed by atoms with Gasteiger partial charge < -0.3 is 14.5 Å². The molecule has 1 atom stereocenters. The number of carboxylic acid groups (broad SMARTS) is 1. The first-order valence-electron chi connectivity index (χ1n) is 9.34. The van der Waals surface area contributed by atoms with E-state index < -0.39 is 22.5 Å². The van der Waals surface area contributed by atoms with E-state index in [1.54, 1.807) is 0 Å². The largest absolute Gasteiger partial charge is 1.00 e. The van der Waals surface area contributed by atoms with E-state index in [0.717, 1.165) is 57.8 Å². The molecule has 0 N–H and O–H groups in total. The van der Waals surface area contributed by atoms with Crippen LogP contribution in [0.4, 0.5) is 0 Å². The molecule has 0 aromatic heterocycles. The van der Waals surface area contributed by atoms with Crippen LogP contribution in [0.3, 0.4) is 0 Å². The molecule has 0 fully saturated rings. The molecule has 0 unspecified atom stereocenters. The van der Waals surface area contributed by atoms with Crippen molar-refractivity contribution in [2.45, 2.75) is 96.5 Å². The topological polar surface area (TPSA) is 107 Å². The Morgan fingerprint density at radius 1 is 0.963 bits per heavy atom. The molecule has 0 saturated heterocycles. The minimum atomic E-state index is -4.66. The Balaban J connectivity index is -0.00000288. The van der Waals surface area contributed by atoms with Crippen LogP contribution in [-0.4, -0.2) is 25.0 Å². The Hall–Kier alpha value is 1.08. The molecule has 0 saturated carbocycles. The summed E-state index contributed by atoms with van der Waals surface area (Å²) in [7, 11) is -4.66. The van der Waals surface area contributed by atoms with Crippen molar-refractivity contribution in [3.63, 3.8) is 0 Å². The molecule has 0 rings (SSSR count). The van der Waals surface area contributed by atoms with Crippen LogP contribution in [0.1, 0.15) is 90.4 Å². The van der Waals surface area contributed by atoms with Crippen molar-refractivity contribution < 1.29 is 86.2 Å². The second-order valence-electron chi connectivity index (χ2n) is 6.36. The maximum absolute atomic E-state index is 10.8. The number of aliphatic carboxylic acids is 1. The summed E-state index contributed by atoms with van der Waals surface area (Å²) < 4.78 is 37.0. The van der Waals surface area contributed by atoms with E-state index in [-0.39, 0.29) is 65.5 Å². The van der Waals surface area contributed by atoms with Gasteiger partial charge in [0.25, 0.3) is 0 Å². The van der Waals surface area contributed by atoms with Gasteiger partial charge >= 0.3 is 59.1 Å². The minimum absolute atomic E-state index is 0. The molecule has 0 heterocycles. The summed E-state index contributed by atoms with van der Waals surface area (Å²) in [6.07, 6.45) is 14.0. The Bertz CT molecular complexity index is 468. The van der Waals surface area contributed by atoms with Crippen LogP contribution in [0.25, 0.3) is 0 Å². The molecular weight excluding hydrogens is 390 g/mol. The average Bonchev–Trinajstić information content (AvgIpc) is 2.51. The molecule has 9 heteroatoms. The smallest absolute Gasteiger partial charge is 0.726 e. The van der Waals surface area contributed by atoms with E-state index in [0.29, 0.717) is 19.3 Å². The molecule has 0 aliphatic carbocycles. The molecule has 0 aliphatic rings. The van der Waals surface area contributed by atoms with Gasteiger partial charge in [0.2, 0.25) is 10.4 Å². The quantitative estimate of drug-likeness (QED) is 0.0826.